The number of benzene rings is 10. The Morgan fingerprint density at radius 2 is 0.923 bits per heavy atom. The number of fused-ring (bicyclic) bond motifs is 20. The van der Waals surface area contributed by atoms with E-state index in [0.717, 1.165) is 77.7 Å². The minimum atomic E-state index is -0.581. The summed E-state index contributed by atoms with van der Waals surface area (Å²) in [5, 5.41) is 6.71. The lowest BCUT2D eigenvalue weighted by Crippen LogP contribution is -2.26. The molecule has 0 amide bonds. The third-order valence-corrected chi connectivity index (χ3v) is 14.4. The van der Waals surface area contributed by atoms with Gasteiger partial charge in [-0.2, -0.15) is 0 Å². The number of furan rings is 2. The van der Waals surface area contributed by atoms with Crippen molar-refractivity contribution in [3.8, 4) is 27.9 Å². The van der Waals surface area contributed by atoms with E-state index in [9.17, 15) is 0 Å². The van der Waals surface area contributed by atoms with Crippen LogP contribution < -0.4 is 4.90 Å². The van der Waals surface area contributed by atoms with Gasteiger partial charge < -0.3 is 18.3 Å². The molecule has 3 heterocycles. The van der Waals surface area contributed by atoms with Crippen molar-refractivity contribution in [2.45, 2.75) is 5.41 Å². The highest BCUT2D eigenvalue weighted by molar-refractivity contribution is 6.20. The molecule has 1 spiro atoms. The Bertz CT molecular complexity index is 4100. The van der Waals surface area contributed by atoms with E-state index < -0.39 is 5.41 Å². The van der Waals surface area contributed by atoms with Crippen molar-refractivity contribution in [2.24, 2.45) is 0 Å². The van der Waals surface area contributed by atoms with E-state index in [1.807, 2.05) is 6.07 Å². The number of aromatic nitrogens is 1. The van der Waals surface area contributed by atoms with Gasteiger partial charge in [0.25, 0.3) is 0 Å². The van der Waals surface area contributed by atoms with Crippen LogP contribution in [0.5, 0.6) is 0 Å². The molecule has 13 aromatic rings. The molecule has 0 saturated heterocycles. The molecule has 2 aliphatic rings. The third-order valence-electron chi connectivity index (χ3n) is 14.4. The highest BCUT2D eigenvalue weighted by Crippen LogP contribution is 2.65. The van der Waals surface area contributed by atoms with Gasteiger partial charge in [0, 0.05) is 55.6 Å². The van der Waals surface area contributed by atoms with Crippen LogP contribution in [0.15, 0.2) is 227 Å². The van der Waals surface area contributed by atoms with Gasteiger partial charge in [-0.25, -0.2) is 0 Å². The summed E-state index contributed by atoms with van der Waals surface area (Å²) in [5.74, 6) is 0. The topological polar surface area (TPSA) is 34.5 Å². The standard InChI is InChI=1S/C61H36N2O2/c1-2-16-37(17-3-1)63-52-27-13-7-20-42(52)47-34-38(31-33-53(47)63)62(39-30-32-44-43-21-8-14-28-55(43)64-57(44)35-39)54-36-51-58(60-59(54)46-23-9-15-29-56(46)65-60)45-22-6-12-26-50(45)61(51)48-24-10-4-18-40(48)41-19-5-11-25-49(41)61/h1-36H. The van der Waals surface area contributed by atoms with Crippen LogP contribution in [0.25, 0.3) is 93.6 Å². The summed E-state index contributed by atoms with van der Waals surface area (Å²) in [5.41, 5.74) is 19.4. The van der Waals surface area contributed by atoms with E-state index in [0.29, 0.717) is 0 Å². The van der Waals surface area contributed by atoms with Crippen molar-refractivity contribution < 1.29 is 8.83 Å². The highest BCUT2D eigenvalue weighted by Gasteiger charge is 2.53. The van der Waals surface area contributed by atoms with E-state index in [-0.39, 0.29) is 0 Å². The van der Waals surface area contributed by atoms with Crippen molar-refractivity contribution in [2.75, 3.05) is 4.90 Å². The Morgan fingerprint density at radius 1 is 0.369 bits per heavy atom. The van der Waals surface area contributed by atoms with Crippen LogP contribution in [-0.2, 0) is 5.41 Å². The molecule has 0 bridgehead atoms. The van der Waals surface area contributed by atoms with E-state index >= 15 is 0 Å². The van der Waals surface area contributed by atoms with Crippen LogP contribution in [0.4, 0.5) is 17.1 Å². The first-order valence-corrected chi connectivity index (χ1v) is 22.3. The number of hydrogen-bond acceptors (Lipinski definition) is 3. The Balaban J connectivity index is 1.10. The molecule has 0 N–H and O–H groups in total. The molecule has 15 rings (SSSR count). The zero-order valence-corrected chi connectivity index (χ0v) is 35.0. The third kappa shape index (κ3) is 4.50. The molecule has 0 fully saturated rings. The van der Waals surface area contributed by atoms with Gasteiger partial charge in [0.1, 0.15) is 22.3 Å². The first kappa shape index (κ1) is 34.9. The fraction of sp³-hybridized carbons (Fsp3) is 0.0164. The van der Waals surface area contributed by atoms with Crippen molar-refractivity contribution in [1.82, 2.24) is 4.57 Å². The number of para-hydroxylation sites is 4. The molecule has 0 unspecified atom stereocenters. The number of hydrogen-bond donors (Lipinski definition) is 0. The van der Waals surface area contributed by atoms with Crippen molar-refractivity contribution in [3.05, 3.63) is 241 Å². The second-order valence-corrected chi connectivity index (χ2v) is 17.5. The average Bonchev–Trinajstić information content (AvgIpc) is 4.16. The summed E-state index contributed by atoms with van der Waals surface area (Å²) >= 11 is 0. The predicted octanol–water partition coefficient (Wildman–Crippen LogP) is 16.4. The zero-order chi connectivity index (χ0) is 42.4. The fourth-order valence-electron chi connectivity index (χ4n) is 11.8. The molecule has 302 valence electrons. The molecule has 2 aliphatic carbocycles. The average molecular weight is 829 g/mol. The van der Waals surface area contributed by atoms with Crippen molar-refractivity contribution in [3.63, 3.8) is 0 Å². The fourth-order valence-corrected chi connectivity index (χ4v) is 11.8. The van der Waals surface area contributed by atoms with Gasteiger partial charge >= 0.3 is 0 Å². The minimum Gasteiger partial charge on any atom is -0.456 e. The normalized spacial score (nSPS) is 13.4. The molecule has 0 aliphatic heterocycles. The van der Waals surface area contributed by atoms with Gasteiger partial charge in [0.15, 0.2) is 0 Å². The second-order valence-electron chi connectivity index (χ2n) is 17.5. The van der Waals surface area contributed by atoms with Gasteiger partial charge in [-0.1, -0.05) is 146 Å². The second kappa shape index (κ2) is 12.7. The lowest BCUT2D eigenvalue weighted by Gasteiger charge is -2.32. The maximum atomic E-state index is 7.24. The number of anilines is 3. The van der Waals surface area contributed by atoms with Gasteiger partial charge in [-0.05, 0) is 106 Å². The summed E-state index contributed by atoms with van der Waals surface area (Å²) in [7, 11) is 0. The smallest absolute Gasteiger partial charge is 0.145 e. The van der Waals surface area contributed by atoms with E-state index in [4.69, 9.17) is 8.83 Å². The highest BCUT2D eigenvalue weighted by atomic mass is 16.3. The molecule has 4 nitrogen and oxygen atoms in total. The lowest BCUT2D eigenvalue weighted by molar-refractivity contribution is 0.669. The first-order valence-electron chi connectivity index (χ1n) is 22.3. The molecular formula is C61H36N2O2. The van der Waals surface area contributed by atoms with Gasteiger partial charge in [-0.15, -0.1) is 0 Å². The summed E-state index contributed by atoms with van der Waals surface area (Å²) in [4.78, 5) is 2.45. The van der Waals surface area contributed by atoms with Crippen LogP contribution in [0.1, 0.15) is 22.3 Å². The van der Waals surface area contributed by atoms with Gasteiger partial charge in [0.05, 0.1) is 27.5 Å². The summed E-state index contributed by atoms with van der Waals surface area (Å²) in [6, 6.07) is 79.5. The molecule has 10 aromatic carbocycles. The van der Waals surface area contributed by atoms with Gasteiger partial charge in [-0.3, -0.25) is 0 Å². The maximum absolute atomic E-state index is 7.24. The quantitative estimate of drug-likeness (QED) is 0.177. The molecule has 0 saturated carbocycles. The van der Waals surface area contributed by atoms with Crippen LogP contribution >= 0.6 is 0 Å². The Morgan fingerprint density at radius 3 is 1.69 bits per heavy atom. The van der Waals surface area contributed by atoms with Crippen LogP contribution in [0.2, 0.25) is 0 Å². The van der Waals surface area contributed by atoms with Crippen molar-refractivity contribution >= 4 is 82.7 Å². The van der Waals surface area contributed by atoms with E-state index in [1.165, 1.54) is 55.2 Å². The Labute approximate surface area is 373 Å². The Hall–Kier alpha value is -8.60. The molecule has 3 aromatic heterocycles. The van der Waals surface area contributed by atoms with Crippen molar-refractivity contribution in [1.29, 1.82) is 0 Å². The molecule has 65 heavy (non-hydrogen) atoms. The number of rotatable bonds is 4. The molecule has 0 radical (unpaired) electrons. The van der Waals surface area contributed by atoms with Crippen LogP contribution in [0, 0.1) is 0 Å². The van der Waals surface area contributed by atoms with E-state index in [2.05, 4.69) is 222 Å². The van der Waals surface area contributed by atoms with Gasteiger partial charge in [0.2, 0.25) is 0 Å². The van der Waals surface area contributed by atoms with E-state index in [1.54, 1.807) is 0 Å². The predicted molar refractivity (Wildman–Crippen MR) is 266 cm³/mol. The van der Waals surface area contributed by atoms with Crippen LogP contribution in [0.3, 0.4) is 0 Å². The minimum absolute atomic E-state index is 0.581. The summed E-state index contributed by atoms with van der Waals surface area (Å²) in [6.45, 7) is 0. The Kier molecular flexibility index (Phi) is 6.85. The maximum Gasteiger partial charge on any atom is 0.145 e. The SMILES string of the molecule is c1ccc(-n2c3ccccc3c3cc(N(c4ccc5c(c4)oc4ccccc45)c4cc5c(c6oc7ccccc7c46)-c4ccccc4C54c5ccccc5-c5ccccc54)ccc32)cc1. The van der Waals surface area contributed by atoms with Crippen LogP contribution in [-0.4, -0.2) is 4.57 Å². The molecular weight excluding hydrogens is 793 g/mol. The largest absolute Gasteiger partial charge is 0.456 e. The number of nitrogens with zero attached hydrogens (tertiary/aromatic N) is 2. The first-order chi connectivity index (χ1) is 32.3. The summed E-state index contributed by atoms with van der Waals surface area (Å²) < 4.78 is 16.3. The molecule has 0 atom stereocenters. The zero-order valence-electron chi connectivity index (χ0n) is 35.0. The lowest BCUT2D eigenvalue weighted by atomic mass is 9.70. The summed E-state index contributed by atoms with van der Waals surface area (Å²) in [6.07, 6.45) is 0. The monoisotopic (exact) mass is 828 g/mol. The molecule has 4 heteroatoms.